The first-order valence-corrected chi connectivity index (χ1v) is 11.5. The Labute approximate surface area is 191 Å². The van der Waals surface area contributed by atoms with E-state index in [9.17, 15) is 23.3 Å². The standard InChI is InChI=1S/C25H29F3N2O3/c1-24(33-22-13-11-19(12-14-22)30(31)32)16-20-9-10-21(17-24)29(20)15-5-4-7-18-6-2-3-8-23(18)25(26,27)28/h2-3,6,8,11-14,20-21H,4-5,7,9-10,15-17H2,1H3/t20-,21+,24?. The highest BCUT2D eigenvalue weighted by Crippen LogP contribution is 2.43. The predicted molar refractivity (Wildman–Crippen MR) is 119 cm³/mol. The largest absolute Gasteiger partial charge is 0.487 e. The Balaban J connectivity index is 1.30. The summed E-state index contributed by atoms with van der Waals surface area (Å²) in [4.78, 5) is 12.9. The number of non-ortho nitro benzene ring substituents is 1. The van der Waals surface area contributed by atoms with Crippen LogP contribution in [0.5, 0.6) is 5.75 Å². The van der Waals surface area contributed by atoms with Crippen molar-refractivity contribution >= 4 is 5.69 Å². The molecule has 0 spiro atoms. The molecule has 5 nitrogen and oxygen atoms in total. The molecule has 2 saturated heterocycles. The number of unbranched alkanes of at least 4 members (excludes halogenated alkanes) is 1. The lowest BCUT2D eigenvalue weighted by Crippen LogP contribution is -2.52. The Morgan fingerprint density at radius 2 is 1.70 bits per heavy atom. The normalized spacial score (nSPS) is 25.2. The first-order valence-electron chi connectivity index (χ1n) is 11.5. The first-order chi connectivity index (χ1) is 15.6. The van der Waals surface area contributed by atoms with Crippen LogP contribution in [0.3, 0.4) is 0 Å². The van der Waals surface area contributed by atoms with Gasteiger partial charge in [-0.2, -0.15) is 13.2 Å². The van der Waals surface area contributed by atoms with Gasteiger partial charge >= 0.3 is 6.18 Å². The Kier molecular flexibility index (Phi) is 6.66. The van der Waals surface area contributed by atoms with E-state index in [1.807, 2.05) is 0 Å². The van der Waals surface area contributed by atoms with E-state index in [0.29, 0.717) is 29.8 Å². The smallest absolute Gasteiger partial charge is 0.416 e. The zero-order chi connectivity index (χ0) is 23.6. The molecule has 0 aliphatic carbocycles. The second-order valence-electron chi connectivity index (χ2n) is 9.45. The lowest BCUT2D eigenvalue weighted by molar-refractivity contribution is -0.384. The fourth-order valence-corrected chi connectivity index (χ4v) is 5.53. The van der Waals surface area contributed by atoms with Crippen LogP contribution in [0.1, 0.15) is 56.6 Å². The van der Waals surface area contributed by atoms with Gasteiger partial charge in [0.15, 0.2) is 0 Å². The SMILES string of the molecule is CC1(Oc2ccc([N+](=O)[O-])cc2)C[C@H]2CC[C@@H](C1)N2CCCCc1ccccc1C(F)(F)F. The lowest BCUT2D eigenvalue weighted by atomic mass is 9.87. The van der Waals surface area contributed by atoms with Crippen molar-refractivity contribution in [2.24, 2.45) is 0 Å². The Hall–Kier alpha value is -2.61. The quantitative estimate of drug-likeness (QED) is 0.259. The highest BCUT2D eigenvalue weighted by molar-refractivity contribution is 5.36. The first kappa shape index (κ1) is 23.5. The molecule has 0 saturated carbocycles. The van der Waals surface area contributed by atoms with Gasteiger partial charge in [0.1, 0.15) is 11.4 Å². The molecule has 2 bridgehead atoms. The van der Waals surface area contributed by atoms with Crippen molar-refractivity contribution in [1.82, 2.24) is 4.90 Å². The maximum Gasteiger partial charge on any atom is 0.416 e. The van der Waals surface area contributed by atoms with Crippen LogP contribution >= 0.6 is 0 Å². The minimum absolute atomic E-state index is 0.0419. The summed E-state index contributed by atoms with van der Waals surface area (Å²) in [7, 11) is 0. The molecule has 0 aromatic heterocycles. The molecule has 1 unspecified atom stereocenters. The molecule has 0 radical (unpaired) electrons. The third-order valence-electron chi connectivity index (χ3n) is 6.95. The Bertz CT molecular complexity index is 964. The van der Waals surface area contributed by atoms with Gasteiger partial charge in [0.05, 0.1) is 10.5 Å². The molecule has 2 aliphatic rings. The third kappa shape index (κ3) is 5.49. The molecule has 4 rings (SSSR count). The number of hydrogen-bond donors (Lipinski definition) is 0. The molecule has 2 heterocycles. The Morgan fingerprint density at radius 3 is 2.30 bits per heavy atom. The summed E-state index contributed by atoms with van der Waals surface area (Å²) in [6.45, 7) is 2.99. The highest BCUT2D eigenvalue weighted by Gasteiger charge is 2.47. The summed E-state index contributed by atoms with van der Waals surface area (Å²) in [6.07, 6.45) is 1.64. The molecule has 0 amide bonds. The van der Waals surface area contributed by atoms with Crippen molar-refractivity contribution in [1.29, 1.82) is 0 Å². The summed E-state index contributed by atoms with van der Waals surface area (Å²) in [5.41, 5.74) is -0.442. The van der Waals surface area contributed by atoms with E-state index in [4.69, 9.17) is 4.74 Å². The monoisotopic (exact) mass is 462 g/mol. The van der Waals surface area contributed by atoms with Gasteiger partial charge in [0.2, 0.25) is 0 Å². The van der Waals surface area contributed by atoms with E-state index in [0.717, 1.165) is 51.1 Å². The lowest BCUT2D eigenvalue weighted by Gasteiger charge is -2.44. The molecular weight excluding hydrogens is 433 g/mol. The number of aryl methyl sites for hydroxylation is 1. The minimum Gasteiger partial charge on any atom is -0.487 e. The number of benzene rings is 2. The van der Waals surface area contributed by atoms with Crippen LogP contribution in [0.4, 0.5) is 18.9 Å². The Morgan fingerprint density at radius 1 is 1.06 bits per heavy atom. The molecule has 2 aromatic carbocycles. The number of nitro benzene ring substituents is 1. The van der Waals surface area contributed by atoms with Crippen molar-refractivity contribution in [2.75, 3.05) is 6.54 Å². The third-order valence-corrected chi connectivity index (χ3v) is 6.95. The van der Waals surface area contributed by atoms with Crippen molar-refractivity contribution in [3.63, 3.8) is 0 Å². The van der Waals surface area contributed by atoms with Gasteiger partial charge < -0.3 is 4.74 Å². The van der Waals surface area contributed by atoms with Gasteiger partial charge in [-0.05, 0) is 69.3 Å². The van der Waals surface area contributed by atoms with Crippen LogP contribution in [-0.2, 0) is 12.6 Å². The number of fused-ring (bicyclic) bond motifs is 2. The highest BCUT2D eigenvalue weighted by atomic mass is 19.4. The maximum atomic E-state index is 13.2. The van der Waals surface area contributed by atoms with Crippen LogP contribution in [0.2, 0.25) is 0 Å². The van der Waals surface area contributed by atoms with E-state index in [-0.39, 0.29) is 11.3 Å². The van der Waals surface area contributed by atoms with E-state index >= 15 is 0 Å². The van der Waals surface area contributed by atoms with Crippen molar-refractivity contribution < 1.29 is 22.8 Å². The molecule has 2 aromatic rings. The summed E-state index contributed by atoms with van der Waals surface area (Å²) in [5.74, 6) is 0.638. The van der Waals surface area contributed by atoms with Crippen LogP contribution < -0.4 is 4.74 Å². The zero-order valence-corrected chi connectivity index (χ0v) is 18.7. The second-order valence-corrected chi connectivity index (χ2v) is 9.45. The number of halogens is 3. The van der Waals surface area contributed by atoms with Crippen molar-refractivity contribution in [2.45, 2.75) is 75.7 Å². The number of rotatable bonds is 8. The average Bonchev–Trinajstić information content (AvgIpc) is 3.01. The summed E-state index contributed by atoms with van der Waals surface area (Å²) in [6, 6.07) is 12.9. The van der Waals surface area contributed by atoms with E-state index in [2.05, 4.69) is 11.8 Å². The summed E-state index contributed by atoms with van der Waals surface area (Å²) < 4.78 is 45.9. The fourth-order valence-electron chi connectivity index (χ4n) is 5.53. The van der Waals surface area contributed by atoms with E-state index in [1.54, 1.807) is 24.3 Å². The number of nitro groups is 1. The van der Waals surface area contributed by atoms with Gasteiger partial charge in [0, 0.05) is 37.1 Å². The number of alkyl halides is 3. The van der Waals surface area contributed by atoms with Crippen LogP contribution in [0, 0.1) is 10.1 Å². The molecule has 3 atom stereocenters. The van der Waals surface area contributed by atoms with Crippen LogP contribution in [-0.4, -0.2) is 34.1 Å². The fraction of sp³-hybridized carbons (Fsp3) is 0.520. The average molecular weight is 463 g/mol. The van der Waals surface area contributed by atoms with Crippen molar-refractivity contribution in [3.8, 4) is 5.75 Å². The van der Waals surface area contributed by atoms with Gasteiger partial charge in [0.25, 0.3) is 5.69 Å². The molecule has 0 N–H and O–H groups in total. The van der Waals surface area contributed by atoms with Crippen molar-refractivity contribution in [3.05, 3.63) is 69.8 Å². The summed E-state index contributed by atoms with van der Waals surface area (Å²) in [5, 5.41) is 10.9. The molecule has 33 heavy (non-hydrogen) atoms. The molecular formula is C25H29F3N2O3. The molecule has 8 heteroatoms. The van der Waals surface area contributed by atoms with E-state index < -0.39 is 16.7 Å². The van der Waals surface area contributed by atoms with Gasteiger partial charge in [-0.3, -0.25) is 15.0 Å². The maximum absolute atomic E-state index is 13.2. The topological polar surface area (TPSA) is 55.6 Å². The number of hydrogen-bond acceptors (Lipinski definition) is 4. The van der Waals surface area contributed by atoms with Crippen LogP contribution in [0.25, 0.3) is 0 Å². The molecule has 2 fully saturated rings. The predicted octanol–water partition coefficient (Wildman–Crippen LogP) is 6.40. The number of piperidine rings is 1. The van der Waals surface area contributed by atoms with Gasteiger partial charge in [-0.15, -0.1) is 0 Å². The van der Waals surface area contributed by atoms with E-state index in [1.165, 1.54) is 18.2 Å². The summed E-state index contributed by atoms with van der Waals surface area (Å²) >= 11 is 0. The van der Waals surface area contributed by atoms with Gasteiger partial charge in [-0.25, -0.2) is 0 Å². The molecule has 178 valence electrons. The van der Waals surface area contributed by atoms with Gasteiger partial charge in [-0.1, -0.05) is 18.2 Å². The second kappa shape index (κ2) is 9.33. The number of ether oxygens (including phenoxy) is 1. The molecule has 2 aliphatic heterocycles. The zero-order valence-electron chi connectivity index (χ0n) is 18.7. The number of nitrogens with zero attached hydrogens (tertiary/aromatic N) is 2. The van der Waals surface area contributed by atoms with Crippen LogP contribution in [0.15, 0.2) is 48.5 Å². The minimum atomic E-state index is -4.31.